The number of hydrogen-bond donors (Lipinski definition) is 2. The van der Waals surface area contributed by atoms with E-state index in [-0.39, 0.29) is 35.9 Å². The summed E-state index contributed by atoms with van der Waals surface area (Å²) in [4.78, 5) is 28.2. The van der Waals surface area contributed by atoms with Gasteiger partial charge in [-0.05, 0) is 37.1 Å². The molecule has 3 rings (SSSR count). The number of piperidine rings is 1. The predicted octanol–water partition coefficient (Wildman–Crippen LogP) is 0.695. The van der Waals surface area contributed by atoms with E-state index in [1.165, 1.54) is 0 Å². The van der Waals surface area contributed by atoms with E-state index >= 15 is 0 Å². The minimum atomic E-state index is -0.282. The average Bonchev–Trinajstić information content (AvgIpc) is 2.90. The molecule has 1 unspecified atom stereocenters. The smallest absolute Gasteiger partial charge is 0.228 e. The molecule has 0 aromatic heterocycles. The molecule has 22 heavy (non-hydrogen) atoms. The van der Waals surface area contributed by atoms with E-state index < -0.39 is 0 Å². The first-order chi connectivity index (χ1) is 10.5. The van der Waals surface area contributed by atoms with Gasteiger partial charge in [-0.1, -0.05) is 0 Å². The fourth-order valence-electron chi connectivity index (χ4n) is 3.13. The number of nitrogens with zero attached hydrogens (tertiary/aromatic N) is 2. The van der Waals surface area contributed by atoms with Crippen molar-refractivity contribution in [3.8, 4) is 5.75 Å². The first-order valence-electron chi connectivity index (χ1n) is 7.68. The molecule has 118 valence electrons. The zero-order chi connectivity index (χ0) is 15.7. The zero-order valence-electron chi connectivity index (χ0n) is 12.4. The van der Waals surface area contributed by atoms with Crippen molar-refractivity contribution in [1.29, 1.82) is 0 Å². The van der Waals surface area contributed by atoms with Gasteiger partial charge in [-0.25, -0.2) is 0 Å². The van der Waals surface area contributed by atoms with Crippen LogP contribution < -0.4 is 10.6 Å². The molecule has 6 nitrogen and oxygen atoms in total. The number of carbonyl (C=O) groups is 2. The molecule has 3 N–H and O–H groups in total. The summed E-state index contributed by atoms with van der Waals surface area (Å²) < 4.78 is 0. The Balaban J connectivity index is 1.66. The number of carbonyl (C=O) groups excluding carboxylic acids is 2. The lowest BCUT2D eigenvalue weighted by atomic mass is 10.0. The first-order valence-corrected chi connectivity index (χ1v) is 7.68. The minimum absolute atomic E-state index is 0.0437. The third-order valence-electron chi connectivity index (χ3n) is 4.49. The van der Waals surface area contributed by atoms with Crippen molar-refractivity contribution in [3.63, 3.8) is 0 Å². The number of phenolic OH excluding ortho intramolecular Hbond substituents is 1. The number of anilines is 1. The standard InChI is InChI=1S/C16H21N3O3/c17-12-5-7-18(8-6-12)16(22)11-9-15(21)19(10-11)13-1-3-14(20)4-2-13/h1-4,11-12,20H,5-10,17H2. The van der Waals surface area contributed by atoms with Gasteiger partial charge in [0, 0.05) is 37.8 Å². The van der Waals surface area contributed by atoms with E-state index in [1.807, 2.05) is 4.90 Å². The van der Waals surface area contributed by atoms with Crippen LogP contribution in [0, 0.1) is 5.92 Å². The molecule has 2 saturated heterocycles. The lowest BCUT2D eigenvalue weighted by Crippen LogP contribution is -2.45. The van der Waals surface area contributed by atoms with Gasteiger partial charge in [-0.2, -0.15) is 0 Å². The van der Waals surface area contributed by atoms with Crippen molar-refractivity contribution in [2.24, 2.45) is 11.7 Å². The predicted molar refractivity (Wildman–Crippen MR) is 82.4 cm³/mol. The molecule has 1 atom stereocenters. The number of phenols is 1. The summed E-state index contributed by atoms with van der Waals surface area (Å²) in [5, 5.41) is 9.32. The maximum absolute atomic E-state index is 12.5. The fraction of sp³-hybridized carbons (Fsp3) is 0.500. The Morgan fingerprint density at radius 3 is 2.45 bits per heavy atom. The molecule has 2 fully saturated rings. The average molecular weight is 303 g/mol. The molecule has 0 saturated carbocycles. The Morgan fingerprint density at radius 2 is 1.82 bits per heavy atom. The molecule has 6 heteroatoms. The molecule has 0 radical (unpaired) electrons. The summed E-state index contributed by atoms with van der Waals surface area (Å²) in [7, 11) is 0. The molecule has 2 heterocycles. The number of hydrogen-bond acceptors (Lipinski definition) is 4. The van der Waals surface area contributed by atoms with Crippen LogP contribution >= 0.6 is 0 Å². The van der Waals surface area contributed by atoms with Gasteiger partial charge in [-0.3, -0.25) is 9.59 Å². The highest BCUT2D eigenvalue weighted by Gasteiger charge is 2.37. The van der Waals surface area contributed by atoms with Crippen LogP contribution in [0.2, 0.25) is 0 Å². The lowest BCUT2D eigenvalue weighted by molar-refractivity contribution is -0.136. The monoisotopic (exact) mass is 303 g/mol. The Bertz CT molecular complexity index is 565. The van der Waals surface area contributed by atoms with Gasteiger partial charge in [0.1, 0.15) is 5.75 Å². The lowest BCUT2D eigenvalue weighted by Gasteiger charge is -2.31. The molecule has 0 aliphatic carbocycles. The van der Waals surface area contributed by atoms with Crippen molar-refractivity contribution < 1.29 is 14.7 Å². The molecule has 1 aromatic rings. The fourth-order valence-corrected chi connectivity index (χ4v) is 3.13. The summed E-state index contributed by atoms with van der Waals surface area (Å²) in [5.74, 6) is -0.109. The second-order valence-electron chi connectivity index (χ2n) is 6.08. The van der Waals surface area contributed by atoms with Gasteiger partial charge in [0.05, 0.1) is 5.92 Å². The van der Waals surface area contributed by atoms with Crippen molar-refractivity contribution >= 4 is 17.5 Å². The largest absolute Gasteiger partial charge is 0.508 e. The third-order valence-corrected chi connectivity index (χ3v) is 4.49. The van der Waals surface area contributed by atoms with E-state index in [2.05, 4.69) is 0 Å². The second kappa shape index (κ2) is 5.96. The molecular formula is C16H21N3O3. The number of nitrogens with two attached hydrogens (primary N) is 1. The van der Waals surface area contributed by atoms with Crippen LogP contribution in [0.15, 0.2) is 24.3 Å². The molecule has 0 bridgehead atoms. The van der Waals surface area contributed by atoms with Gasteiger partial charge in [0.25, 0.3) is 0 Å². The van der Waals surface area contributed by atoms with Gasteiger partial charge in [0.2, 0.25) is 11.8 Å². The topological polar surface area (TPSA) is 86.9 Å². The van der Waals surface area contributed by atoms with Gasteiger partial charge in [-0.15, -0.1) is 0 Å². The van der Waals surface area contributed by atoms with Crippen LogP contribution in [0.1, 0.15) is 19.3 Å². The molecule has 1 aromatic carbocycles. The van der Waals surface area contributed by atoms with E-state index in [4.69, 9.17) is 5.73 Å². The van der Waals surface area contributed by atoms with Crippen molar-refractivity contribution in [1.82, 2.24) is 4.90 Å². The Morgan fingerprint density at radius 1 is 1.18 bits per heavy atom. The van der Waals surface area contributed by atoms with Gasteiger partial charge < -0.3 is 20.6 Å². The Labute approximate surface area is 129 Å². The van der Waals surface area contributed by atoms with Gasteiger partial charge in [0.15, 0.2) is 0 Å². The molecule has 2 amide bonds. The SMILES string of the molecule is NC1CCN(C(=O)C2CC(=O)N(c3ccc(O)cc3)C2)CC1. The van der Waals surface area contributed by atoms with Crippen molar-refractivity contribution in [2.75, 3.05) is 24.5 Å². The number of rotatable bonds is 2. The number of likely N-dealkylation sites (tertiary alicyclic amines) is 1. The van der Waals surface area contributed by atoms with E-state index in [0.29, 0.717) is 19.6 Å². The molecule has 0 spiro atoms. The minimum Gasteiger partial charge on any atom is -0.508 e. The maximum Gasteiger partial charge on any atom is 0.228 e. The zero-order valence-corrected chi connectivity index (χ0v) is 12.4. The Kier molecular flexibility index (Phi) is 4.02. The molecule has 2 aliphatic heterocycles. The second-order valence-corrected chi connectivity index (χ2v) is 6.08. The quantitative estimate of drug-likeness (QED) is 0.842. The van der Waals surface area contributed by atoms with Crippen LogP contribution in [0.25, 0.3) is 0 Å². The number of amides is 2. The highest BCUT2D eigenvalue weighted by molar-refractivity contribution is 6.00. The van der Waals surface area contributed by atoms with Crippen LogP contribution in [-0.2, 0) is 9.59 Å². The summed E-state index contributed by atoms with van der Waals surface area (Å²) in [6.07, 6.45) is 1.91. The molecular weight excluding hydrogens is 282 g/mol. The van der Waals surface area contributed by atoms with Crippen LogP contribution in [-0.4, -0.2) is 47.5 Å². The Hall–Kier alpha value is -2.08. The van der Waals surface area contributed by atoms with E-state index in [9.17, 15) is 14.7 Å². The van der Waals surface area contributed by atoms with Gasteiger partial charge >= 0.3 is 0 Å². The summed E-state index contributed by atoms with van der Waals surface area (Å²) >= 11 is 0. The van der Waals surface area contributed by atoms with Crippen LogP contribution in [0.5, 0.6) is 5.75 Å². The first kappa shape index (κ1) is 14.8. The van der Waals surface area contributed by atoms with Crippen LogP contribution in [0.3, 0.4) is 0 Å². The molecule has 2 aliphatic rings. The number of aromatic hydroxyl groups is 1. The third kappa shape index (κ3) is 2.92. The normalized spacial score (nSPS) is 23.1. The summed E-state index contributed by atoms with van der Waals surface area (Å²) in [6, 6.07) is 6.66. The van der Waals surface area contributed by atoms with Crippen molar-refractivity contribution in [2.45, 2.75) is 25.3 Å². The van der Waals surface area contributed by atoms with Crippen LogP contribution in [0.4, 0.5) is 5.69 Å². The maximum atomic E-state index is 12.5. The van der Waals surface area contributed by atoms with E-state index in [1.54, 1.807) is 29.2 Å². The highest BCUT2D eigenvalue weighted by Crippen LogP contribution is 2.28. The summed E-state index contributed by atoms with van der Waals surface area (Å²) in [6.45, 7) is 1.78. The highest BCUT2D eigenvalue weighted by atomic mass is 16.3. The summed E-state index contributed by atoms with van der Waals surface area (Å²) in [5.41, 5.74) is 6.58. The van der Waals surface area contributed by atoms with E-state index in [0.717, 1.165) is 18.5 Å². The van der Waals surface area contributed by atoms with Crippen molar-refractivity contribution in [3.05, 3.63) is 24.3 Å². The number of benzene rings is 1.